The number of rotatable bonds is 5. The van der Waals surface area contributed by atoms with Crippen molar-refractivity contribution in [3.05, 3.63) is 60.8 Å². The summed E-state index contributed by atoms with van der Waals surface area (Å²) in [7, 11) is 1.93. The summed E-state index contributed by atoms with van der Waals surface area (Å²) in [5.74, 6) is 2.62. The molecule has 1 saturated carbocycles. The average Bonchev–Trinajstić information content (AvgIpc) is 3.19. The molecule has 1 aliphatic rings. The van der Waals surface area contributed by atoms with E-state index in [1.165, 1.54) is 12.8 Å². The molecule has 5 heterocycles. The molecule has 0 spiro atoms. The zero-order valence-corrected chi connectivity index (χ0v) is 17.3. The number of hydrogen-bond acceptors (Lipinski definition) is 6. The molecule has 0 atom stereocenters. The molecule has 6 rings (SSSR count). The molecule has 1 aliphatic carbocycles. The Labute approximate surface area is 178 Å². The number of aryl methyl sites for hydroxylation is 2. The van der Waals surface area contributed by atoms with Crippen molar-refractivity contribution >= 4 is 17.2 Å². The third kappa shape index (κ3) is 3.05. The first-order valence-corrected chi connectivity index (χ1v) is 10.3. The summed E-state index contributed by atoms with van der Waals surface area (Å²) in [5, 5.41) is 12.9. The summed E-state index contributed by atoms with van der Waals surface area (Å²) in [6.45, 7) is 2.08. The zero-order valence-electron chi connectivity index (χ0n) is 17.3. The van der Waals surface area contributed by atoms with Gasteiger partial charge in [-0.3, -0.25) is 4.68 Å². The molecule has 154 valence electrons. The van der Waals surface area contributed by atoms with Gasteiger partial charge in [-0.15, -0.1) is 5.10 Å². The molecule has 9 nitrogen and oxygen atoms in total. The standard InChI is InChI=1S/C22H21N9/c1-14-16(17-8-11-30(27-17)15-6-7-15)13-31-19(14)20(25-18-5-3-4-9-23-18)26-21(28-31)22-24-10-12-29(22)2/h3-5,8-13,15H,6-7H2,1-2H3,(H,23,25,26,28). The lowest BCUT2D eigenvalue weighted by atomic mass is 10.1. The maximum absolute atomic E-state index is 4.82. The Balaban J connectivity index is 1.53. The molecule has 5 aromatic rings. The number of imidazole rings is 1. The van der Waals surface area contributed by atoms with Gasteiger partial charge in [0.1, 0.15) is 11.3 Å². The SMILES string of the molecule is Cc1c(-c2ccn(C3CC3)n2)cn2nc(-c3nccn3C)nc(Nc3ccccn3)c12. The smallest absolute Gasteiger partial charge is 0.218 e. The van der Waals surface area contributed by atoms with E-state index in [0.29, 0.717) is 29.3 Å². The summed E-state index contributed by atoms with van der Waals surface area (Å²) in [6, 6.07) is 8.35. The van der Waals surface area contributed by atoms with Gasteiger partial charge in [-0.2, -0.15) is 5.10 Å². The number of nitrogens with zero attached hydrogens (tertiary/aromatic N) is 8. The van der Waals surface area contributed by atoms with Crippen LogP contribution in [0.15, 0.2) is 55.2 Å². The largest absolute Gasteiger partial charge is 0.331 e. The molecule has 9 heteroatoms. The second kappa shape index (κ2) is 6.76. The number of pyridine rings is 1. The van der Waals surface area contributed by atoms with Crippen molar-refractivity contribution in [3.63, 3.8) is 0 Å². The number of fused-ring (bicyclic) bond motifs is 1. The maximum Gasteiger partial charge on any atom is 0.218 e. The molecule has 5 aromatic heterocycles. The first kappa shape index (κ1) is 17.8. The lowest BCUT2D eigenvalue weighted by molar-refractivity contribution is 0.644. The zero-order chi connectivity index (χ0) is 20.9. The molecule has 0 bridgehead atoms. The van der Waals surface area contributed by atoms with E-state index >= 15 is 0 Å². The van der Waals surface area contributed by atoms with E-state index in [9.17, 15) is 0 Å². The van der Waals surface area contributed by atoms with Crippen LogP contribution in [0.3, 0.4) is 0 Å². The summed E-state index contributed by atoms with van der Waals surface area (Å²) in [5.41, 5.74) is 3.93. The number of hydrogen-bond donors (Lipinski definition) is 1. The van der Waals surface area contributed by atoms with Crippen LogP contribution in [0.2, 0.25) is 0 Å². The Bertz CT molecular complexity index is 1390. The van der Waals surface area contributed by atoms with Crippen LogP contribution in [0.1, 0.15) is 24.4 Å². The van der Waals surface area contributed by atoms with Gasteiger partial charge in [-0.05, 0) is 43.5 Å². The highest BCUT2D eigenvalue weighted by atomic mass is 15.3. The number of anilines is 2. The van der Waals surface area contributed by atoms with E-state index in [-0.39, 0.29) is 0 Å². The van der Waals surface area contributed by atoms with E-state index in [1.54, 1.807) is 12.4 Å². The minimum Gasteiger partial charge on any atom is -0.331 e. The fourth-order valence-corrected chi connectivity index (χ4v) is 3.83. The van der Waals surface area contributed by atoms with Crippen LogP contribution in [-0.2, 0) is 7.05 Å². The van der Waals surface area contributed by atoms with Crippen molar-refractivity contribution < 1.29 is 0 Å². The van der Waals surface area contributed by atoms with Crippen molar-refractivity contribution in [2.24, 2.45) is 7.05 Å². The van der Waals surface area contributed by atoms with Crippen molar-refractivity contribution in [3.8, 4) is 22.9 Å². The van der Waals surface area contributed by atoms with Gasteiger partial charge in [-0.25, -0.2) is 19.5 Å². The molecule has 1 fully saturated rings. The molecular formula is C22H21N9. The lowest BCUT2D eigenvalue weighted by Gasteiger charge is -2.10. The minimum atomic E-state index is 0.531. The predicted octanol–water partition coefficient (Wildman–Crippen LogP) is 3.78. The highest BCUT2D eigenvalue weighted by Crippen LogP contribution is 2.36. The van der Waals surface area contributed by atoms with Crippen LogP contribution >= 0.6 is 0 Å². The number of aromatic nitrogens is 8. The maximum atomic E-state index is 4.82. The third-order valence-corrected chi connectivity index (χ3v) is 5.62. The summed E-state index contributed by atoms with van der Waals surface area (Å²) < 4.78 is 5.83. The molecular weight excluding hydrogens is 390 g/mol. The Morgan fingerprint density at radius 2 is 1.94 bits per heavy atom. The van der Waals surface area contributed by atoms with Gasteiger partial charge in [0.2, 0.25) is 5.82 Å². The number of nitrogens with one attached hydrogen (secondary N) is 1. The van der Waals surface area contributed by atoms with Crippen molar-refractivity contribution in [1.29, 1.82) is 0 Å². The van der Waals surface area contributed by atoms with Gasteiger partial charge in [0.05, 0.1) is 11.7 Å². The van der Waals surface area contributed by atoms with Crippen LogP contribution in [0.5, 0.6) is 0 Å². The Morgan fingerprint density at radius 3 is 2.68 bits per heavy atom. The van der Waals surface area contributed by atoms with E-state index in [1.807, 2.05) is 46.7 Å². The fraction of sp³-hybridized carbons (Fsp3) is 0.227. The third-order valence-electron chi connectivity index (χ3n) is 5.62. The molecule has 0 unspecified atom stereocenters. The van der Waals surface area contributed by atoms with Gasteiger partial charge in [-0.1, -0.05) is 6.07 Å². The van der Waals surface area contributed by atoms with Crippen LogP contribution in [0, 0.1) is 6.92 Å². The first-order chi connectivity index (χ1) is 15.2. The molecule has 0 radical (unpaired) electrons. The van der Waals surface area contributed by atoms with Crippen molar-refractivity contribution in [1.82, 2.24) is 38.9 Å². The van der Waals surface area contributed by atoms with E-state index < -0.39 is 0 Å². The quantitative estimate of drug-likeness (QED) is 0.473. The molecule has 1 N–H and O–H groups in total. The molecule has 31 heavy (non-hydrogen) atoms. The second-order valence-corrected chi connectivity index (χ2v) is 7.86. The Morgan fingerprint density at radius 1 is 1.03 bits per heavy atom. The minimum absolute atomic E-state index is 0.531. The lowest BCUT2D eigenvalue weighted by Crippen LogP contribution is -2.06. The topological polar surface area (TPSA) is 90.8 Å². The van der Waals surface area contributed by atoms with E-state index in [2.05, 4.69) is 39.2 Å². The van der Waals surface area contributed by atoms with Crippen molar-refractivity contribution in [2.75, 3.05) is 5.32 Å². The average molecular weight is 411 g/mol. The summed E-state index contributed by atoms with van der Waals surface area (Å²) in [6.07, 6.45) is 11.9. The first-order valence-electron chi connectivity index (χ1n) is 10.3. The van der Waals surface area contributed by atoms with Crippen LogP contribution in [0.4, 0.5) is 11.6 Å². The van der Waals surface area contributed by atoms with Crippen LogP contribution in [0.25, 0.3) is 28.4 Å². The van der Waals surface area contributed by atoms with E-state index in [4.69, 9.17) is 15.2 Å². The normalized spacial score (nSPS) is 13.7. The van der Waals surface area contributed by atoms with Gasteiger partial charge < -0.3 is 9.88 Å². The molecule has 0 amide bonds. The van der Waals surface area contributed by atoms with Gasteiger partial charge in [0, 0.05) is 43.6 Å². The van der Waals surface area contributed by atoms with Crippen molar-refractivity contribution in [2.45, 2.75) is 25.8 Å². The molecule has 0 aliphatic heterocycles. The molecule has 0 aromatic carbocycles. The summed E-state index contributed by atoms with van der Waals surface area (Å²) >= 11 is 0. The van der Waals surface area contributed by atoms with Crippen LogP contribution in [-0.4, -0.2) is 38.9 Å². The van der Waals surface area contributed by atoms with Gasteiger partial charge in [0.15, 0.2) is 11.6 Å². The highest BCUT2D eigenvalue weighted by Gasteiger charge is 2.25. The monoisotopic (exact) mass is 411 g/mol. The fourth-order valence-electron chi connectivity index (χ4n) is 3.83. The predicted molar refractivity (Wildman–Crippen MR) is 117 cm³/mol. The summed E-state index contributed by atoms with van der Waals surface area (Å²) in [4.78, 5) is 13.6. The highest BCUT2D eigenvalue weighted by molar-refractivity contribution is 5.83. The molecule has 0 saturated heterocycles. The van der Waals surface area contributed by atoms with Gasteiger partial charge in [0.25, 0.3) is 0 Å². The Hall–Kier alpha value is -4.01. The van der Waals surface area contributed by atoms with Crippen LogP contribution < -0.4 is 5.32 Å². The van der Waals surface area contributed by atoms with Gasteiger partial charge >= 0.3 is 0 Å². The Kier molecular flexibility index (Phi) is 3.89. The second-order valence-electron chi connectivity index (χ2n) is 7.86. The van der Waals surface area contributed by atoms with E-state index in [0.717, 1.165) is 22.3 Å².